The lowest BCUT2D eigenvalue weighted by molar-refractivity contribution is 0.490. The van der Waals surface area contributed by atoms with E-state index in [0.717, 1.165) is 5.92 Å². The largest absolute Gasteiger partial charge is 0.0856 e. The maximum absolute atomic E-state index is 2.46. The fourth-order valence-corrected chi connectivity index (χ4v) is 2.59. The molecule has 0 N–H and O–H groups in total. The Morgan fingerprint density at radius 2 is 1.29 bits per heavy atom. The van der Waals surface area contributed by atoms with Crippen molar-refractivity contribution in [3.05, 3.63) is 34.9 Å². The van der Waals surface area contributed by atoms with Crippen molar-refractivity contribution < 1.29 is 0 Å². The zero-order valence-electron chi connectivity index (χ0n) is 15.5. The van der Waals surface area contributed by atoms with Crippen LogP contribution in [0, 0.1) is 5.92 Å². The third-order valence-corrected chi connectivity index (χ3v) is 4.06. The Labute approximate surface area is 134 Å². The third-order valence-electron chi connectivity index (χ3n) is 4.06. The zero-order chi connectivity index (χ0) is 16.1. The highest BCUT2D eigenvalue weighted by Crippen LogP contribution is 2.15. The predicted octanol–water partition coefficient (Wildman–Crippen LogP) is 7.62. The molecule has 0 aromatic rings. The molecule has 1 atom stereocenters. The summed E-state index contributed by atoms with van der Waals surface area (Å²) in [6.45, 7) is 13.6. The molecule has 0 rings (SSSR count). The fraction of sp³-hybridized carbons (Fsp3) is 0.714. The maximum Gasteiger partial charge on any atom is -0.0288 e. The molecule has 0 aliphatic carbocycles. The number of hydrogen-bond acceptors (Lipinski definition) is 0. The lowest BCUT2D eigenvalue weighted by atomic mass is 9.99. The second kappa shape index (κ2) is 12.9. The Kier molecular flexibility index (Phi) is 12.4. The number of allylic oxidation sites excluding steroid dienone is 6. The molecule has 0 amide bonds. The van der Waals surface area contributed by atoms with Crippen molar-refractivity contribution in [2.45, 2.75) is 92.9 Å². The maximum atomic E-state index is 2.46. The Bertz CT molecular complexity index is 337. The van der Waals surface area contributed by atoms with Gasteiger partial charge in [0.25, 0.3) is 0 Å². The second-order valence-corrected chi connectivity index (χ2v) is 6.93. The Morgan fingerprint density at radius 1 is 0.762 bits per heavy atom. The van der Waals surface area contributed by atoms with Gasteiger partial charge in [-0.15, -0.1) is 0 Å². The molecule has 0 aliphatic rings. The summed E-state index contributed by atoms with van der Waals surface area (Å²) in [6.07, 6.45) is 17.3. The highest BCUT2D eigenvalue weighted by atomic mass is 14.0. The molecule has 0 fully saturated rings. The van der Waals surface area contributed by atoms with Crippen LogP contribution in [0.2, 0.25) is 0 Å². The van der Waals surface area contributed by atoms with E-state index in [1.165, 1.54) is 62.5 Å². The van der Waals surface area contributed by atoms with Crippen molar-refractivity contribution in [3.63, 3.8) is 0 Å². The van der Waals surface area contributed by atoms with E-state index in [1.54, 1.807) is 5.57 Å². The first kappa shape index (κ1) is 20.2. The average Bonchev–Trinajstić information content (AvgIpc) is 2.38. The summed E-state index contributed by atoms with van der Waals surface area (Å²) < 4.78 is 0. The Hall–Kier alpha value is -0.780. The molecule has 122 valence electrons. The molecule has 0 heterocycles. The quantitative estimate of drug-likeness (QED) is 0.343. The van der Waals surface area contributed by atoms with Crippen molar-refractivity contribution in [1.29, 1.82) is 0 Å². The van der Waals surface area contributed by atoms with Crippen molar-refractivity contribution in [3.8, 4) is 0 Å². The van der Waals surface area contributed by atoms with Crippen LogP contribution in [0.15, 0.2) is 34.9 Å². The number of rotatable bonds is 11. The first-order valence-electron chi connectivity index (χ1n) is 8.90. The van der Waals surface area contributed by atoms with Crippen LogP contribution in [0.4, 0.5) is 0 Å². The summed E-state index contributed by atoms with van der Waals surface area (Å²) in [5.74, 6) is 0.885. The first-order valence-corrected chi connectivity index (χ1v) is 8.90. The van der Waals surface area contributed by atoms with Crippen molar-refractivity contribution in [2.75, 3.05) is 0 Å². The monoisotopic (exact) mass is 290 g/mol. The minimum Gasteiger partial charge on any atom is -0.0856 e. The molecular weight excluding hydrogens is 252 g/mol. The van der Waals surface area contributed by atoms with Crippen LogP contribution in [0.3, 0.4) is 0 Å². The van der Waals surface area contributed by atoms with E-state index in [2.05, 4.69) is 59.8 Å². The van der Waals surface area contributed by atoms with Gasteiger partial charge in [0, 0.05) is 0 Å². The van der Waals surface area contributed by atoms with E-state index in [4.69, 9.17) is 0 Å². The van der Waals surface area contributed by atoms with Gasteiger partial charge in [0.1, 0.15) is 0 Å². The third kappa shape index (κ3) is 13.9. The molecule has 1 unspecified atom stereocenters. The van der Waals surface area contributed by atoms with Crippen LogP contribution < -0.4 is 0 Å². The molecule has 0 nitrogen and oxygen atoms in total. The standard InChI is InChI=1S/C21H38/c1-7-11-19(4)14-9-15-21(6)17-10-16-20(5)13-8-12-18(2)3/h12,15-16,19H,7-11,13-14,17H2,1-6H3. The summed E-state index contributed by atoms with van der Waals surface area (Å²) in [5, 5.41) is 0. The highest BCUT2D eigenvalue weighted by molar-refractivity contribution is 5.05. The van der Waals surface area contributed by atoms with Gasteiger partial charge in [-0.05, 0) is 72.1 Å². The van der Waals surface area contributed by atoms with Crippen LogP contribution in [0.25, 0.3) is 0 Å². The van der Waals surface area contributed by atoms with Gasteiger partial charge in [0.05, 0.1) is 0 Å². The Balaban J connectivity index is 3.85. The van der Waals surface area contributed by atoms with Crippen LogP contribution in [0.1, 0.15) is 92.9 Å². The average molecular weight is 291 g/mol. The van der Waals surface area contributed by atoms with Gasteiger partial charge in [-0.1, -0.05) is 61.6 Å². The smallest absolute Gasteiger partial charge is 0.0288 e. The van der Waals surface area contributed by atoms with E-state index >= 15 is 0 Å². The number of hydrogen-bond donors (Lipinski definition) is 0. The molecule has 0 bridgehead atoms. The van der Waals surface area contributed by atoms with Gasteiger partial charge in [-0.2, -0.15) is 0 Å². The van der Waals surface area contributed by atoms with E-state index < -0.39 is 0 Å². The van der Waals surface area contributed by atoms with Crippen LogP contribution in [-0.4, -0.2) is 0 Å². The molecule has 0 heteroatoms. The molecule has 0 radical (unpaired) electrons. The molecule has 0 spiro atoms. The zero-order valence-corrected chi connectivity index (χ0v) is 15.5. The van der Waals surface area contributed by atoms with E-state index in [-0.39, 0.29) is 0 Å². The highest BCUT2D eigenvalue weighted by Gasteiger charge is 1.98. The van der Waals surface area contributed by atoms with Gasteiger partial charge in [-0.25, -0.2) is 0 Å². The molecule has 0 aromatic carbocycles. The first-order chi connectivity index (χ1) is 9.95. The molecule has 21 heavy (non-hydrogen) atoms. The lowest BCUT2D eigenvalue weighted by Gasteiger charge is -2.08. The van der Waals surface area contributed by atoms with Gasteiger partial charge in [0.15, 0.2) is 0 Å². The minimum atomic E-state index is 0.885. The van der Waals surface area contributed by atoms with Crippen LogP contribution in [-0.2, 0) is 0 Å². The van der Waals surface area contributed by atoms with Crippen LogP contribution in [0.5, 0.6) is 0 Å². The fourth-order valence-electron chi connectivity index (χ4n) is 2.59. The Morgan fingerprint density at radius 3 is 1.81 bits per heavy atom. The molecule has 0 saturated heterocycles. The van der Waals surface area contributed by atoms with Crippen LogP contribution >= 0.6 is 0 Å². The summed E-state index contributed by atoms with van der Waals surface area (Å²) in [7, 11) is 0. The van der Waals surface area contributed by atoms with Crippen molar-refractivity contribution >= 4 is 0 Å². The lowest BCUT2D eigenvalue weighted by Crippen LogP contribution is -1.92. The molecule has 0 saturated carbocycles. The molecular formula is C21H38. The second-order valence-electron chi connectivity index (χ2n) is 6.93. The summed E-state index contributed by atoms with van der Waals surface area (Å²) in [6, 6.07) is 0. The molecule has 0 aliphatic heterocycles. The van der Waals surface area contributed by atoms with Gasteiger partial charge in [0.2, 0.25) is 0 Å². The van der Waals surface area contributed by atoms with E-state index in [9.17, 15) is 0 Å². The topological polar surface area (TPSA) is 0 Å². The van der Waals surface area contributed by atoms with E-state index in [0.29, 0.717) is 0 Å². The van der Waals surface area contributed by atoms with Crippen molar-refractivity contribution in [1.82, 2.24) is 0 Å². The van der Waals surface area contributed by atoms with Gasteiger partial charge >= 0.3 is 0 Å². The SMILES string of the molecule is CCCC(C)CCC=C(C)CCC=C(C)CCC=C(C)C. The van der Waals surface area contributed by atoms with Crippen molar-refractivity contribution in [2.24, 2.45) is 5.92 Å². The summed E-state index contributed by atoms with van der Waals surface area (Å²) >= 11 is 0. The van der Waals surface area contributed by atoms with Gasteiger partial charge < -0.3 is 0 Å². The minimum absolute atomic E-state index is 0.885. The van der Waals surface area contributed by atoms with Gasteiger partial charge in [-0.3, -0.25) is 0 Å². The summed E-state index contributed by atoms with van der Waals surface area (Å²) in [4.78, 5) is 0. The normalized spacial score (nSPS) is 14.2. The molecule has 0 aromatic heterocycles. The van der Waals surface area contributed by atoms with E-state index in [1.807, 2.05) is 0 Å². The summed E-state index contributed by atoms with van der Waals surface area (Å²) in [5.41, 5.74) is 4.53. The predicted molar refractivity (Wildman–Crippen MR) is 98.7 cm³/mol.